The molecule has 9 unspecified atom stereocenters. The summed E-state index contributed by atoms with van der Waals surface area (Å²) in [5.41, 5.74) is 0. The van der Waals surface area contributed by atoms with Crippen molar-refractivity contribution in [2.75, 3.05) is 13.1 Å². The number of hydrogen-bond donors (Lipinski definition) is 2. The largest absolute Gasteiger partial charge is 0.355 e. The van der Waals surface area contributed by atoms with Crippen molar-refractivity contribution in [3.8, 4) is 0 Å². The Kier molecular flexibility index (Phi) is 19.6. The predicted molar refractivity (Wildman–Crippen MR) is 224 cm³/mol. The van der Waals surface area contributed by atoms with Gasteiger partial charge in [0.25, 0.3) is 0 Å². The van der Waals surface area contributed by atoms with Crippen molar-refractivity contribution in [3.63, 3.8) is 0 Å². The highest BCUT2D eigenvalue weighted by Crippen LogP contribution is 2.45. The molecule has 0 spiro atoms. The molecule has 2 amide bonds. The monoisotopic (exact) mass is 936 g/mol. The first-order valence-corrected chi connectivity index (χ1v) is 20.8. The summed E-state index contributed by atoms with van der Waals surface area (Å²) in [5, 5.41) is 6.04. The number of rotatable bonds is 10. The standard InChI is InChI=1S/C14H22BrNO.C12H18BrNO.C9H14.C4H6Br2O.CH4/c1-5-10-7-11(6-2)12(8-10)9-16-13(17)14(3,4)15;1-12(2,13)11(15)14-7-10-6-8-3-4-9(10)5-8;1-2-8-5-7-3-4-9(8)6-7;1-4(2,6)3(5)7;/h5-6,10-12H,1-2,7-9H2,3-4H3,(H,16,17);3-4,8-10H,5-7H2,1-2H3,(H,14,15);3-4,7-9H,2,5-6H2,1H3;1-2H3;1H4. The van der Waals surface area contributed by atoms with Crippen LogP contribution in [0.3, 0.4) is 0 Å². The van der Waals surface area contributed by atoms with Crippen molar-refractivity contribution in [3.05, 3.63) is 49.6 Å². The van der Waals surface area contributed by atoms with Crippen LogP contribution in [0.1, 0.15) is 101 Å². The van der Waals surface area contributed by atoms with Crippen LogP contribution in [-0.4, -0.2) is 42.6 Å². The van der Waals surface area contributed by atoms with E-state index in [1.165, 1.54) is 32.1 Å². The minimum Gasteiger partial charge on any atom is -0.355 e. The van der Waals surface area contributed by atoms with Crippen LogP contribution in [0.25, 0.3) is 0 Å². The van der Waals surface area contributed by atoms with Gasteiger partial charge in [-0.15, -0.1) is 13.2 Å². The van der Waals surface area contributed by atoms with E-state index in [1.807, 2.05) is 39.8 Å². The summed E-state index contributed by atoms with van der Waals surface area (Å²) in [6, 6.07) is 0. The summed E-state index contributed by atoms with van der Waals surface area (Å²) in [7, 11) is 0. The van der Waals surface area contributed by atoms with Crippen molar-refractivity contribution in [2.24, 2.45) is 53.3 Å². The molecule has 49 heavy (non-hydrogen) atoms. The highest BCUT2D eigenvalue weighted by Gasteiger charge is 2.37. The third-order valence-corrected chi connectivity index (χ3v) is 13.0. The Morgan fingerprint density at radius 2 is 1.10 bits per heavy atom. The smallest absolute Gasteiger partial charge is 0.236 e. The molecule has 5 aliphatic carbocycles. The van der Waals surface area contributed by atoms with Gasteiger partial charge in [-0.2, -0.15) is 0 Å². The highest BCUT2D eigenvalue weighted by molar-refractivity contribution is 9.20. The third-order valence-electron chi connectivity index (χ3n) is 10.4. The lowest BCUT2D eigenvalue weighted by Crippen LogP contribution is -2.40. The second-order valence-electron chi connectivity index (χ2n) is 15.7. The average molecular weight is 941 g/mol. The van der Waals surface area contributed by atoms with Crippen molar-refractivity contribution >= 4 is 80.2 Å². The molecule has 0 heterocycles. The van der Waals surface area contributed by atoms with Crippen molar-refractivity contribution in [1.29, 1.82) is 0 Å². The zero-order valence-electron chi connectivity index (χ0n) is 30.2. The molecule has 3 saturated carbocycles. The van der Waals surface area contributed by atoms with E-state index >= 15 is 0 Å². The topological polar surface area (TPSA) is 75.3 Å². The summed E-state index contributed by atoms with van der Waals surface area (Å²) < 4.78 is -1.37. The average Bonchev–Trinajstić information content (AvgIpc) is 3.85. The molecule has 0 aromatic carbocycles. The Hall–Kier alpha value is -0.510. The van der Waals surface area contributed by atoms with Gasteiger partial charge < -0.3 is 10.6 Å². The Bertz CT molecular complexity index is 1160. The molecule has 3 fully saturated rings. The van der Waals surface area contributed by atoms with Crippen LogP contribution in [0, 0.1) is 53.3 Å². The normalized spacial score (nSPS) is 30.4. The lowest BCUT2D eigenvalue weighted by Gasteiger charge is -2.21. The first-order chi connectivity index (χ1) is 22.2. The fourth-order valence-corrected chi connectivity index (χ4v) is 7.56. The molecule has 0 aliphatic heterocycles. The summed E-state index contributed by atoms with van der Waals surface area (Å²) in [6.45, 7) is 22.6. The number of fused-ring (bicyclic) bond motifs is 4. The second-order valence-corrected chi connectivity index (χ2v) is 22.4. The molecule has 280 valence electrons. The summed E-state index contributed by atoms with van der Waals surface area (Å²) >= 11 is 12.7. The molecule has 0 aromatic heterocycles. The Morgan fingerprint density at radius 3 is 1.39 bits per heavy atom. The van der Waals surface area contributed by atoms with E-state index in [2.05, 4.69) is 119 Å². The maximum absolute atomic E-state index is 11.8. The quantitative estimate of drug-likeness (QED) is 0.130. The Labute approximate surface area is 332 Å². The molecule has 0 aromatic rings. The van der Waals surface area contributed by atoms with Crippen LogP contribution >= 0.6 is 63.7 Å². The van der Waals surface area contributed by atoms with Crippen molar-refractivity contribution in [1.82, 2.24) is 10.6 Å². The van der Waals surface area contributed by atoms with E-state index in [4.69, 9.17) is 0 Å². The van der Waals surface area contributed by atoms with Gasteiger partial charge in [0.05, 0.1) is 13.0 Å². The van der Waals surface area contributed by atoms with Gasteiger partial charge in [-0.1, -0.05) is 105 Å². The number of halogens is 4. The van der Waals surface area contributed by atoms with E-state index in [1.54, 1.807) is 13.8 Å². The van der Waals surface area contributed by atoms with Crippen molar-refractivity contribution in [2.45, 2.75) is 114 Å². The highest BCUT2D eigenvalue weighted by atomic mass is 79.9. The number of allylic oxidation sites excluding steroid dienone is 6. The lowest BCUT2D eigenvalue weighted by molar-refractivity contribution is -0.123. The van der Waals surface area contributed by atoms with Gasteiger partial charge in [0, 0.05) is 13.1 Å². The van der Waals surface area contributed by atoms with Crippen LogP contribution in [0.5, 0.6) is 0 Å². The summed E-state index contributed by atoms with van der Waals surface area (Å²) in [4.78, 5) is 33.7. The Balaban J connectivity index is 0.000000342. The second kappa shape index (κ2) is 20.7. The minimum absolute atomic E-state index is 0. The fraction of sp³-hybridized carbons (Fsp3) is 0.725. The number of hydrogen-bond acceptors (Lipinski definition) is 3. The molecule has 0 radical (unpaired) electrons. The Morgan fingerprint density at radius 1 is 0.673 bits per heavy atom. The van der Waals surface area contributed by atoms with E-state index in [0.717, 1.165) is 49.6 Å². The number of alkyl halides is 3. The van der Waals surface area contributed by atoms with Crippen LogP contribution in [0.2, 0.25) is 0 Å². The van der Waals surface area contributed by atoms with Crippen molar-refractivity contribution < 1.29 is 14.4 Å². The van der Waals surface area contributed by atoms with E-state index in [9.17, 15) is 14.4 Å². The molecule has 0 saturated heterocycles. The van der Waals surface area contributed by atoms with Gasteiger partial charge in [0.1, 0.15) is 0 Å². The SMILES string of the molecule is C.C=CC1CC(C=C)C(CNC(=O)C(C)(C)Br)C1.CC(C)(Br)C(=O)Br.CC(C)(Br)C(=O)NCC1CC2C=CC1C2.CCC1CC2C=CC1C2. The maximum atomic E-state index is 11.8. The number of amides is 2. The number of carbonyl (C=O) groups excluding carboxylic acids is 3. The van der Waals surface area contributed by atoms with E-state index in [-0.39, 0.29) is 23.9 Å². The molecular weight excluding hydrogens is 876 g/mol. The molecule has 9 atom stereocenters. The van der Waals surface area contributed by atoms with Gasteiger partial charge in [-0.3, -0.25) is 14.4 Å². The first-order valence-electron chi connectivity index (χ1n) is 17.6. The third kappa shape index (κ3) is 15.6. The summed E-state index contributed by atoms with van der Waals surface area (Å²) in [6.07, 6.45) is 22.7. The van der Waals surface area contributed by atoms with Crippen LogP contribution in [0.4, 0.5) is 0 Å². The van der Waals surface area contributed by atoms with Gasteiger partial charge in [0.2, 0.25) is 16.5 Å². The zero-order chi connectivity index (χ0) is 36.4. The number of carbonyl (C=O) groups is 3. The molecule has 9 heteroatoms. The van der Waals surface area contributed by atoms with Crippen LogP contribution in [-0.2, 0) is 14.4 Å². The lowest BCUT2D eigenvalue weighted by atomic mass is 9.91. The molecular formula is C40H64Br4N2O3. The maximum Gasteiger partial charge on any atom is 0.236 e. The van der Waals surface area contributed by atoms with E-state index in [0.29, 0.717) is 29.6 Å². The predicted octanol–water partition coefficient (Wildman–Crippen LogP) is 11.1. The summed E-state index contributed by atoms with van der Waals surface area (Å²) in [5.74, 6) is 6.85. The fourth-order valence-electron chi connectivity index (χ4n) is 7.28. The zero-order valence-corrected chi connectivity index (χ0v) is 36.5. The molecule has 2 N–H and O–H groups in total. The van der Waals surface area contributed by atoms with Gasteiger partial charge in [-0.05, 0) is 149 Å². The molecule has 5 rings (SSSR count). The molecule has 5 nitrogen and oxygen atoms in total. The van der Waals surface area contributed by atoms with Gasteiger partial charge in [0.15, 0.2) is 0 Å². The van der Waals surface area contributed by atoms with E-state index < -0.39 is 13.0 Å². The van der Waals surface area contributed by atoms with Gasteiger partial charge in [-0.25, -0.2) is 0 Å². The minimum atomic E-state index is -0.493. The first kappa shape index (κ1) is 46.5. The molecule has 4 bridgehead atoms. The van der Waals surface area contributed by atoms with Crippen LogP contribution in [0.15, 0.2) is 49.6 Å². The van der Waals surface area contributed by atoms with Gasteiger partial charge >= 0.3 is 0 Å². The number of nitrogens with one attached hydrogen (secondary N) is 2. The van der Waals surface area contributed by atoms with Crippen LogP contribution < -0.4 is 10.6 Å². The molecule has 5 aliphatic rings.